The largest absolute Gasteiger partial charge is 0.0654 e. The fraction of sp³-hybridized carbons (Fsp3) is 1.00. The minimum Gasteiger partial charge on any atom is -0.0654 e. The highest BCUT2D eigenvalue weighted by Crippen LogP contribution is 2.13. The van der Waals surface area contributed by atoms with E-state index in [1.807, 2.05) is 0 Å². The van der Waals surface area contributed by atoms with Crippen molar-refractivity contribution in [2.45, 2.75) is 137 Å². The zero-order chi connectivity index (χ0) is 16.9. The molecule has 0 unspecified atom stereocenters. The third kappa shape index (κ3) is 32.1. The number of hydrogen-bond donors (Lipinski definition) is 0. The van der Waals surface area contributed by atoms with Gasteiger partial charge in [0.1, 0.15) is 0 Å². The minimum absolute atomic E-state index is 0.833. The second kappa shape index (κ2) is 23.3. The highest BCUT2D eigenvalue weighted by atomic mass is 14.0. The summed E-state index contributed by atoms with van der Waals surface area (Å²) in [5.74, 6) is 0.833. The molecule has 0 nitrogen and oxygen atoms in total. The Morgan fingerprint density at radius 1 is 0.364 bits per heavy atom. The van der Waals surface area contributed by atoms with Crippen molar-refractivity contribution >= 4 is 0 Å². The molecule has 0 aromatic carbocycles. The number of rotatable bonds is 15. The van der Waals surface area contributed by atoms with Crippen LogP contribution in [0, 0.1) is 5.92 Å². The molecule has 0 aliphatic carbocycles. The Hall–Kier alpha value is 0. The first-order valence-electron chi connectivity index (χ1n) is 10.6. The van der Waals surface area contributed by atoms with Crippen molar-refractivity contribution in [2.75, 3.05) is 0 Å². The Balaban J connectivity index is 0. The molecule has 0 heteroatoms. The maximum atomic E-state index is 2.29. The Bertz CT molecular complexity index is 141. The van der Waals surface area contributed by atoms with Crippen LogP contribution in [0.15, 0.2) is 0 Å². The predicted octanol–water partition coefficient (Wildman–Crippen LogP) is 8.93. The lowest BCUT2D eigenvalue weighted by Gasteiger charge is -2.03. The van der Waals surface area contributed by atoms with E-state index >= 15 is 0 Å². The monoisotopic (exact) mass is 312 g/mol. The van der Waals surface area contributed by atoms with E-state index in [0.717, 1.165) is 5.92 Å². The van der Waals surface area contributed by atoms with Crippen molar-refractivity contribution in [3.05, 3.63) is 0 Å². The maximum Gasteiger partial charge on any atom is -0.0500 e. The second-order valence-corrected chi connectivity index (χ2v) is 7.68. The summed E-state index contributed by atoms with van der Waals surface area (Å²) < 4.78 is 0. The van der Waals surface area contributed by atoms with Gasteiger partial charge in [-0.05, 0) is 5.92 Å². The zero-order valence-corrected chi connectivity index (χ0v) is 16.9. The van der Waals surface area contributed by atoms with E-state index in [4.69, 9.17) is 0 Å². The van der Waals surface area contributed by atoms with E-state index in [2.05, 4.69) is 34.6 Å². The molecular formula is C22H48. The molecule has 0 fully saturated rings. The predicted molar refractivity (Wildman–Crippen MR) is 106 cm³/mol. The molecule has 0 atom stereocenters. The molecule has 0 aliphatic heterocycles. The van der Waals surface area contributed by atoms with Gasteiger partial charge in [0, 0.05) is 0 Å². The second-order valence-electron chi connectivity index (χ2n) is 7.68. The summed E-state index contributed by atoms with van der Waals surface area (Å²) in [5, 5.41) is 0. The molecule has 0 bridgehead atoms. The van der Waals surface area contributed by atoms with Crippen molar-refractivity contribution < 1.29 is 0 Å². The lowest BCUT2D eigenvalue weighted by molar-refractivity contribution is 0.531. The summed E-state index contributed by atoms with van der Waals surface area (Å²) in [6.45, 7) is 11.1. The third-order valence-corrected chi connectivity index (χ3v) is 3.96. The van der Waals surface area contributed by atoms with Gasteiger partial charge in [0.15, 0.2) is 0 Å². The van der Waals surface area contributed by atoms with Gasteiger partial charge in [-0.25, -0.2) is 0 Å². The van der Waals surface area contributed by atoms with Crippen LogP contribution < -0.4 is 0 Å². The van der Waals surface area contributed by atoms with Crippen LogP contribution in [0.3, 0.4) is 0 Å². The van der Waals surface area contributed by atoms with Crippen LogP contribution in [0.5, 0.6) is 0 Å². The summed E-state index contributed by atoms with van der Waals surface area (Å²) in [4.78, 5) is 0. The summed E-state index contributed by atoms with van der Waals surface area (Å²) in [5.41, 5.74) is 0. The molecule has 136 valence electrons. The topological polar surface area (TPSA) is 0 Å². The van der Waals surface area contributed by atoms with Gasteiger partial charge in [0.25, 0.3) is 0 Å². The molecular weight excluding hydrogens is 264 g/mol. The van der Waals surface area contributed by atoms with Crippen molar-refractivity contribution in [3.8, 4) is 0 Å². The molecule has 0 saturated heterocycles. The van der Waals surface area contributed by atoms with Gasteiger partial charge >= 0.3 is 0 Å². The molecule has 22 heavy (non-hydrogen) atoms. The first-order valence-corrected chi connectivity index (χ1v) is 10.6. The fourth-order valence-electron chi connectivity index (χ4n) is 2.62. The van der Waals surface area contributed by atoms with Crippen LogP contribution in [0.2, 0.25) is 0 Å². The van der Waals surface area contributed by atoms with Gasteiger partial charge in [0.05, 0.1) is 0 Å². The van der Waals surface area contributed by atoms with E-state index in [9.17, 15) is 0 Å². The van der Waals surface area contributed by atoms with Crippen LogP contribution in [0.1, 0.15) is 137 Å². The van der Waals surface area contributed by atoms with Crippen molar-refractivity contribution in [1.29, 1.82) is 0 Å². The molecule has 0 amide bonds. The van der Waals surface area contributed by atoms with Gasteiger partial charge in [-0.15, -0.1) is 0 Å². The highest BCUT2D eigenvalue weighted by Gasteiger charge is 1.93. The SMILES string of the molecule is CC(C)C.CCCCCCCCCCCCCCCCCC. The molecule has 0 radical (unpaired) electrons. The standard InChI is InChI=1S/C18H38.C4H10/c1-3-5-7-9-11-13-15-17-18-16-14-12-10-8-6-4-2;1-4(2)3/h3-18H2,1-2H3;4H,1-3H3. The Morgan fingerprint density at radius 3 is 0.636 bits per heavy atom. The lowest BCUT2D eigenvalue weighted by Crippen LogP contribution is -1.83. The fourth-order valence-corrected chi connectivity index (χ4v) is 2.62. The van der Waals surface area contributed by atoms with Gasteiger partial charge in [-0.2, -0.15) is 0 Å². The summed E-state index contributed by atoms with van der Waals surface area (Å²) >= 11 is 0. The maximum absolute atomic E-state index is 2.29. The van der Waals surface area contributed by atoms with Crippen molar-refractivity contribution in [3.63, 3.8) is 0 Å². The molecule has 0 heterocycles. The average Bonchev–Trinajstić information content (AvgIpc) is 2.47. The van der Waals surface area contributed by atoms with Crippen molar-refractivity contribution in [2.24, 2.45) is 5.92 Å². The Labute approximate surface area is 143 Å². The van der Waals surface area contributed by atoms with Crippen LogP contribution in [0.25, 0.3) is 0 Å². The van der Waals surface area contributed by atoms with Gasteiger partial charge in [-0.3, -0.25) is 0 Å². The molecule has 0 saturated carbocycles. The molecule has 0 rings (SSSR count). The smallest absolute Gasteiger partial charge is 0.0500 e. The molecule has 0 aliphatic rings. The summed E-state index contributed by atoms with van der Waals surface area (Å²) in [6.07, 6.45) is 23.4. The zero-order valence-electron chi connectivity index (χ0n) is 16.9. The Kier molecular flexibility index (Phi) is 25.7. The molecule has 0 aromatic heterocycles. The molecule has 0 spiro atoms. The van der Waals surface area contributed by atoms with E-state index in [0.29, 0.717) is 0 Å². The first kappa shape index (κ1) is 24.3. The minimum atomic E-state index is 0.833. The van der Waals surface area contributed by atoms with Crippen LogP contribution in [-0.2, 0) is 0 Å². The number of unbranched alkanes of at least 4 members (excludes halogenated alkanes) is 15. The average molecular weight is 313 g/mol. The molecule has 0 N–H and O–H groups in total. The third-order valence-electron chi connectivity index (χ3n) is 3.96. The van der Waals surface area contributed by atoms with E-state index in [-0.39, 0.29) is 0 Å². The van der Waals surface area contributed by atoms with Crippen LogP contribution in [0.4, 0.5) is 0 Å². The van der Waals surface area contributed by atoms with Crippen LogP contribution in [-0.4, -0.2) is 0 Å². The lowest BCUT2D eigenvalue weighted by atomic mass is 10.0. The highest BCUT2D eigenvalue weighted by molar-refractivity contribution is 4.49. The van der Waals surface area contributed by atoms with Crippen molar-refractivity contribution in [1.82, 2.24) is 0 Å². The summed E-state index contributed by atoms with van der Waals surface area (Å²) in [7, 11) is 0. The number of hydrogen-bond acceptors (Lipinski definition) is 0. The van der Waals surface area contributed by atoms with Crippen LogP contribution >= 0.6 is 0 Å². The van der Waals surface area contributed by atoms with Gasteiger partial charge < -0.3 is 0 Å². The van der Waals surface area contributed by atoms with Gasteiger partial charge in [-0.1, -0.05) is 137 Å². The first-order chi connectivity index (χ1) is 10.6. The van der Waals surface area contributed by atoms with E-state index in [1.54, 1.807) is 0 Å². The quantitative estimate of drug-likeness (QED) is 0.265. The Morgan fingerprint density at radius 2 is 0.500 bits per heavy atom. The van der Waals surface area contributed by atoms with E-state index < -0.39 is 0 Å². The normalized spacial score (nSPS) is 10.6. The van der Waals surface area contributed by atoms with E-state index in [1.165, 1.54) is 103 Å². The van der Waals surface area contributed by atoms with Gasteiger partial charge in [0.2, 0.25) is 0 Å². The summed E-state index contributed by atoms with van der Waals surface area (Å²) in [6, 6.07) is 0. The molecule has 0 aromatic rings.